The van der Waals surface area contributed by atoms with E-state index in [1.807, 2.05) is 0 Å². The third-order valence-electron chi connectivity index (χ3n) is 1.25. The van der Waals surface area contributed by atoms with Gasteiger partial charge in [0, 0.05) is 20.8 Å². The van der Waals surface area contributed by atoms with Crippen molar-refractivity contribution in [3.8, 4) is 0 Å². The average molecular weight is 246 g/mol. The maximum absolute atomic E-state index is 10.6. The van der Waals surface area contributed by atoms with Gasteiger partial charge in [-0.3, -0.25) is 24.0 Å². The highest BCUT2D eigenvalue weighted by atomic mass is 16.5. The average Bonchev–Trinajstić information content (AvgIpc) is 2.15. The van der Waals surface area contributed by atoms with Crippen molar-refractivity contribution in [1.29, 1.82) is 0 Å². The quantitative estimate of drug-likeness (QED) is 0.623. The maximum atomic E-state index is 10.6. The Kier molecular flexibility index (Phi) is 9.62. The fraction of sp³-hybridized carbons (Fsp3) is 0.500. The van der Waals surface area contributed by atoms with Crippen LogP contribution in [0.5, 0.6) is 0 Å². The lowest BCUT2D eigenvalue weighted by Gasteiger charge is -1.98. The first-order valence-corrected chi connectivity index (χ1v) is 4.53. The molecule has 0 rings (SSSR count). The van der Waals surface area contributed by atoms with E-state index in [9.17, 15) is 19.2 Å². The molecule has 0 fully saturated rings. The highest BCUT2D eigenvalue weighted by molar-refractivity contribution is 6.37. The predicted octanol–water partition coefficient (Wildman–Crippen LogP) is -0.590. The molecule has 0 spiro atoms. The van der Waals surface area contributed by atoms with Crippen molar-refractivity contribution in [3.05, 3.63) is 0 Å². The Bertz CT molecular complexity index is 300. The van der Waals surface area contributed by atoms with Crippen molar-refractivity contribution in [2.75, 3.05) is 13.2 Å². The van der Waals surface area contributed by atoms with Gasteiger partial charge in [0.05, 0.1) is 0 Å². The number of rotatable bonds is 6. The third kappa shape index (κ3) is 14.1. The topological polar surface area (TPSA) is 115 Å². The van der Waals surface area contributed by atoms with E-state index in [0.717, 1.165) is 20.8 Å². The zero-order chi connectivity index (χ0) is 14.0. The molecule has 0 saturated heterocycles. The van der Waals surface area contributed by atoms with Crippen LogP contribution in [0.3, 0.4) is 0 Å². The Labute approximate surface area is 97.7 Å². The summed E-state index contributed by atoms with van der Waals surface area (Å²) in [6, 6.07) is 0. The fourth-order valence-corrected chi connectivity index (χ4v) is 0.440. The van der Waals surface area contributed by atoms with Gasteiger partial charge in [-0.2, -0.15) is 0 Å². The lowest BCUT2D eigenvalue weighted by Crippen LogP contribution is -2.22. The molecule has 0 radical (unpaired) electrons. The first-order valence-electron chi connectivity index (χ1n) is 4.53. The summed E-state index contributed by atoms with van der Waals surface area (Å²) in [5.74, 6) is -3.52. The van der Waals surface area contributed by atoms with Crippen LogP contribution in [0.25, 0.3) is 0 Å². The van der Waals surface area contributed by atoms with Crippen LogP contribution in [0.4, 0.5) is 0 Å². The Hall–Kier alpha value is -1.89. The molecule has 0 aromatic rings. The van der Waals surface area contributed by atoms with Crippen molar-refractivity contribution < 1.29 is 33.8 Å². The smallest absolute Gasteiger partial charge is 0.300 e. The summed E-state index contributed by atoms with van der Waals surface area (Å²) in [6.45, 7) is 2.40. The van der Waals surface area contributed by atoms with Gasteiger partial charge in [-0.05, 0) is 0 Å². The van der Waals surface area contributed by atoms with E-state index in [1.165, 1.54) is 0 Å². The van der Waals surface area contributed by atoms with Crippen LogP contribution < -0.4 is 0 Å². The number of carbonyl (C=O) groups is 5. The van der Waals surface area contributed by atoms with Gasteiger partial charge in [-0.15, -0.1) is 0 Å². The van der Waals surface area contributed by atoms with E-state index in [0.29, 0.717) is 0 Å². The molecule has 0 amide bonds. The molecule has 7 nitrogen and oxygen atoms in total. The van der Waals surface area contributed by atoms with Gasteiger partial charge in [0.2, 0.25) is 11.6 Å². The van der Waals surface area contributed by atoms with Gasteiger partial charge in [0.1, 0.15) is 13.2 Å². The minimum atomic E-state index is -0.833. The molecule has 17 heavy (non-hydrogen) atoms. The molecule has 0 aromatic carbocycles. The van der Waals surface area contributed by atoms with Crippen molar-refractivity contribution in [2.24, 2.45) is 0 Å². The Morgan fingerprint density at radius 3 is 1.24 bits per heavy atom. The molecule has 0 unspecified atom stereocenters. The fourth-order valence-electron chi connectivity index (χ4n) is 0.440. The van der Waals surface area contributed by atoms with Gasteiger partial charge in [-0.1, -0.05) is 0 Å². The lowest BCUT2D eigenvalue weighted by atomic mass is 10.3. The number of hydrogen-bond donors (Lipinski definition) is 1. The van der Waals surface area contributed by atoms with Crippen molar-refractivity contribution in [3.63, 3.8) is 0 Å². The monoisotopic (exact) mass is 246 g/mol. The van der Waals surface area contributed by atoms with Gasteiger partial charge < -0.3 is 9.84 Å². The van der Waals surface area contributed by atoms with Crippen LogP contribution in [0, 0.1) is 0 Å². The zero-order valence-corrected chi connectivity index (χ0v) is 9.81. The normalized spacial score (nSPS) is 8.65. The van der Waals surface area contributed by atoms with Gasteiger partial charge in [-0.25, -0.2) is 0 Å². The standard InChI is InChI=1S/C8H10O5.C2H4O2/c1-5(9)7(11)3-13-4-8(12)6(2)10;1-2(3)4/h3-4H2,1-2H3;1H3,(H,3,4). The van der Waals surface area contributed by atoms with Crippen molar-refractivity contribution in [2.45, 2.75) is 20.8 Å². The van der Waals surface area contributed by atoms with Gasteiger partial charge in [0.25, 0.3) is 5.97 Å². The summed E-state index contributed by atoms with van der Waals surface area (Å²) < 4.78 is 4.54. The first kappa shape index (κ1) is 17.5. The van der Waals surface area contributed by atoms with Crippen molar-refractivity contribution in [1.82, 2.24) is 0 Å². The van der Waals surface area contributed by atoms with Crippen LogP contribution in [0.15, 0.2) is 0 Å². The summed E-state index contributed by atoms with van der Waals surface area (Å²) in [6.07, 6.45) is 0. The van der Waals surface area contributed by atoms with E-state index in [4.69, 9.17) is 9.90 Å². The molecular formula is C10H14O7. The molecule has 0 saturated carbocycles. The number of Topliss-reactive ketones (excluding diaryl/α,β-unsaturated/α-hetero) is 4. The van der Waals surface area contributed by atoms with Gasteiger partial charge in [0.15, 0.2) is 11.6 Å². The minimum Gasteiger partial charge on any atom is -0.481 e. The Morgan fingerprint density at radius 1 is 0.824 bits per heavy atom. The molecule has 0 atom stereocenters. The number of carboxylic acid groups (broad SMARTS) is 1. The number of carboxylic acids is 1. The molecule has 0 aliphatic rings. The summed E-state index contributed by atoms with van der Waals surface area (Å²) in [7, 11) is 0. The molecule has 0 aromatic heterocycles. The highest BCUT2D eigenvalue weighted by Crippen LogP contribution is 1.83. The molecule has 7 heteroatoms. The van der Waals surface area contributed by atoms with Crippen LogP contribution in [0.1, 0.15) is 20.8 Å². The van der Waals surface area contributed by atoms with E-state index in [-0.39, 0.29) is 0 Å². The maximum Gasteiger partial charge on any atom is 0.300 e. The predicted molar refractivity (Wildman–Crippen MR) is 55.5 cm³/mol. The number of ketones is 4. The third-order valence-corrected chi connectivity index (χ3v) is 1.25. The molecule has 0 bridgehead atoms. The Balaban J connectivity index is 0. The van der Waals surface area contributed by atoms with E-state index in [2.05, 4.69) is 4.74 Å². The van der Waals surface area contributed by atoms with E-state index in [1.54, 1.807) is 0 Å². The first-order chi connectivity index (χ1) is 7.68. The van der Waals surface area contributed by atoms with E-state index < -0.39 is 42.3 Å². The van der Waals surface area contributed by atoms with Gasteiger partial charge >= 0.3 is 0 Å². The van der Waals surface area contributed by atoms with Crippen LogP contribution in [-0.4, -0.2) is 47.4 Å². The molecule has 0 aliphatic heterocycles. The molecule has 0 heterocycles. The summed E-state index contributed by atoms with van der Waals surface area (Å²) in [4.78, 5) is 51.0. The second-order valence-electron chi connectivity index (χ2n) is 2.97. The second-order valence-corrected chi connectivity index (χ2v) is 2.97. The minimum absolute atomic E-state index is 0.450. The number of aliphatic carboxylic acids is 1. The Morgan fingerprint density at radius 2 is 1.06 bits per heavy atom. The molecular weight excluding hydrogens is 232 g/mol. The van der Waals surface area contributed by atoms with Crippen LogP contribution >= 0.6 is 0 Å². The SMILES string of the molecule is CC(=O)C(=O)COCC(=O)C(C)=O.CC(=O)O. The second kappa shape index (κ2) is 9.34. The number of ether oxygens (including phenoxy) is 1. The van der Waals surface area contributed by atoms with E-state index >= 15 is 0 Å². The molecule has 1 N–H and O–H groups in total. The number of carbonyl (C=O) groups excluding carboxylic acids is 4. The summed E-state index contributed by atoms with van der Waals surface area (Å²) in [5.41, 5.74) is 0. The van der Waals surface area contributed by atoms with Crippen molar-refractivity contribution >= 4 is 29.1 Å². The zero-order valence-electron chi connectivity index (χ0n) is 9.81. The summed E-state index contributed by atoms with van der Waals surface area (Å²) >= 11 is 0. The highest BCUT2D eigenvalue weighted by Gasteiger charge is 2.11. The molecule has 96 valence electrons. The largest absolute Gasteiger partial charge is 0.481 e. The summed E-state index contributed by atoms with van der Waals surface area (Å²) in [5, 5.41) is 7.42. The van der Waals surface area contributed by atoms with Crippen LogP contribution in [-0.2, 0) is 28.7 Å². The lowest BCUT2D eigenvalue weighted by molar-refractivity contribution is -0.142. The number of hydrogen-bond acceptors (Lipinski definition) is 6. The molecule has 0 aliphatic carbocycles. The van der Waals surface area contributed by atoms with Crippen LogP contribution in [0.2, 0.25) is 0 Å².